The van der Waals surface area contributed by atoms with E-state index in [1.54, 1.807) is 12.1 Å². The summed E-state index contributed by atoms with van der Waals surface area (Å²) in [5.74, 6) is 0. The van der Waals surface area contributed by atoms with Crippen LogP contribution in [0.2, 0.25) is 0 Å². The predicted octanol–water partition coefficient (Wildman–Crippen LogP) is 2.09. The first-order chi connectivity index (χ1) is 8.47. The maximum atomic E-state index is 12.5. The van der Waals surface area contributed by atoms with Gasteiger partial charge in [-0.2, -0.15) is 4.31 Å². The molecule has 1 unspecified atom stereocenters. The summed E-state index contributed by atoms with van der Waals surface area (Å²) in [6.07, 6.45) is 1.30. The Morgan fingerprint density at radius 3 is 2.56 bits per heavy atom. The van der Waals surface area contributed by atoms with Crippen LogP contribution in [-0.4, -0.2) is 37.0 Å². The minimum Gasteiger partial charge on any atom is -0.396 e. The van der Waals surface area contributed by atoms with Crippen LogP contribution < -0.4 is 0 Å². The molecule has 0 aliphatic heterocycles. The van der Waals surface area contributed by atoms with Crippen LogP contribution >= 0.6 is 11.3 Å². The van der Waals surface area contributed by atoms with Gasteiger partial charge in [0.05, 0.1) is 0 Å². The molecule has 0 aliphatic rings. The first-order valence-corrected chi connectivity index (χ1v) is 8.44. The molecule has 0 saturated carbocycles. The number of hydrogen-bond acceptors (Lipinski definition) is 4. The van der Waals surface area contributed by atoms with Crippen molar-refractivity contribution in [2.45, 2.75) is 43.9 Å². The maximum Gasteiger partial charge on any atom is 0.252 e. The molecule has 18 heavy (non-hydrogen) atoms. The summed E-state index contributed by atoms with van der Waals surface area (Å²) in [7, 11) is -3.39. The molecule has 6 heteroatoms. The fourth-order valence-electron chi connectivity index (χ4n) is 1.78. The van der Waals surface area contributed by atoms with E-state index in [9.17, 15) is 8.42 Å². The lowest BCUT2D eigenvalue weighted by Crippen LogP contribution is -2.37. The Balaban J connectivity index is 3.03. The molecule has 1 aromatic heterocycles. The summed E-state index contributed by atoms with van der Waals surface area (Å²) >= 11 is 1.25. The number of thiophene rings is 1. The third-order valence-corrected chi connectivity index (χ3v) is 6.65. The molecule has 0 spiro atoms. The molecular weight excluding hydrogens is 270 g/mol. The Hall–Kier alpha value is -0.430. The summed E-state index contributed by atoms with van der Waals surface area (Å²) in [5, 5.41) is 8.86. The number of hydrogen-bond donors (Lipinski definition) is 1. The molecule has 0 radical (unpaired) electrons. The van der Waals surface area contributed by atoms with Crippen molar-refractivity contribution in [3.8, 4) is 0 Å². The van der Waals surface area contributed by atoms with Crippen LogP contribution in [0.3, 0.4) is 0 Å². The second-order valence-electron chi connectivity index (χ2n) is 4.16. The number of aliphatic hydroxyl groups excluding tert-OH is 1. The van der Waals surface area contributed by atoms with Crippen molar-refractivity contribution in [2.75, 3.05) is 13.2 Å². The largest absolute Gasteiger partial charge is 0.396 e. The molecule has 1 rings (SSSR count). The highest BCUT2D eigenvalue weighted by atomic mass is 32.2. The van der Waals surface area contributed by atoms with Gasteiger partial charge in [-0.05, 0) is 25.5 Å². The fourth-order valence-corrected chi connectivity index (χ4v) is 4.97. The van der Waals surface area contributed by atoms with E-state index >= 15 is 0 Å². The lowest BCUT2D eigenvalue weighted by molar-refractivity contribution is 0.300. The Bertz CT molecular complexity index is 467. The molecule has 0 saturated heterocycles. The molecule has 4 nitrogen and oxygen atoms in total. The monoisotopic (exact) mass is 291 g/mol. The van der Waals surface area contributed by atoms with Crippen LogP contribution in [0.4, 0.5) is 0 Å². The SMILES string of the molecule is CCC(C)N(CC)S(=O)(=O)c1ccc(CCO)s1. The van der Waals surface area contributed by atoms with Crippen molar-refractivity contribution in [3.05, 3.63) is 17.0 Å². The number of sulfonamides is 1. The number of aliphatic hydroxyl groups is 1. The van der Waals surface area contributed by atoms with Crippen molar-refractivity contribution in [2.24, 2.45) is 0 Å². The molecule has 0 fully saturated rings. The van der Waals surface area contributed by atoms with Crippen LogP contribution in [0.25, 0.3) is 0 Å². The Labute approximate surface area is 113 Å². The van der Waals surface area contributed by atoms with Gasteiger partial charge in [0, 0.05) is 30.5 Å². The average Bonchev–Trinajstić information content (AvgIpc) is 2.79. The summed E-state index contributed by atoms with van der Waals surface area (Å²) in [5.41, 5.74) is 0. The molecule has 0 aromatic carbocycles. The molecule has 104 valence electrons. The van der Waals surface area contributed by atoms with Gasteiger partial charge in [0.25, 0.3) is 10.0 Å². The van der Waals surface area contributed by atoms with E-state index in [1.165, 1.54) is 15.6 Å². The highest BCUT2D eigenvalue weighted by Crippen LogP contribution is 2.26. The molecule has 1 N–H and O–H groups in total. The zero-order valence-corrected chi connectivity index (χ0v) is 12.7. The fraction of sp³-hybridized carbons (Fsp3) is 0.667. The molecule has 0 amide bonds. The lowest BCUT2D eigenvalue weighted by Gasteiger charge is -2.25. The van der Waals surface area contributed by atoms with E-state index in [-0.39, 0.29) is 12.6 Å². The second-order valence-corrected chi connectivity index (χ2v) is 7.45. The molecule has 0 bridgehead atoms. The van der Waals surface area contributed by atoms with E-state index in [0.717, 1.165) is 11.3 Å². The van der Waals surface area contributed by atoms with Gasteiger partial charge < -0.3 is 5.11 Å². The predicted molar refractivity (Wildman–Crippen MR) is 74.4 cm³/mol. The van der Waals surface area contributed by atoms with Gasteiger partial charge in [-0.25, -0.2) is 8.42 Å². The van der Waals surface area contributed by atoms with E-state index < -0.39 is 10.0 Å². The minimum absolute atomic E-state index is 0.00314. The minimum atomic E-state index is -3.39. The van der Waals surface area contributed by atoms with Gasteiger partial charge in [0.15, 0.2) is 0 Å². The quantitative estimate of drug-likeness (QED) is 0.837. The van der Waals surface area contributed by atoms with Crippen molar-refractivity contribution in [1.82, 2.24) is 4.31 Å². The first-order valence-electron chi connectivity index (χ1n) is 6.18. The Kier molecular flexibility index (Phi) is 5.78. The topological polar surface area (TPSA) is 57.6 Å². The van der Waals surface area contributed by atoms with E-state index in [0.29, 0.717) is 17.2 Å². The summed E-state index contributed by atoms with van der Waals surface area (Å²) < 4.78 is 26.8. The zero-order valence-electron chi connectivity index (χ0n) is 11.1. The van der Waals surface area contributed by atoms with Crippen LogP contribution in [0, 0.1) is 0 Å². The third-order valence-electron chi connectivity index (χ3n) is 2.95. The van der Waals surface area contributed by atoms with Gasteiger partial charge in [-0.1, -0.05) is 13.8 Å². The van der Waals surface area contributed by atoms with Crippen LogP contribution in [0.1, 0.15) is 32.1 Å². The van der Waals surface area contributed by atoms with E-state index in [1.807, 2.05) is 20.8 Å². The van der Waals surface area contributed by atoms with Crippen LogP contribution in [-0.2, 0) is 16.4 Å². The maximum absolute atomic E-state index is 12.5. The molecule has 0 aliphatic carbocycles. The summed E-state index contributed by atoms with van der Waals surface area (Å²) in [6, 6.07) is 3.41. The molecule has 1 heterocycles. The second kappa shape index (κ2) is 6.65. The van der Waals surface area contributed by atoms with Gasteiger partial charge >= 0.3 is 0 Å². The van der Waals surface area contributed by atoms with E-state index in [2.05, 4.69) is 0 Å². The smallest absolute Gasteiger partial charge is 0.252 e. The third kappa shape index (κ3) is 3.32. The number of rotatable bonds is 7. The standard InChI is InChI=1S/C12H21NO3S2/c1-4-10(3)13(5-2)18(15,16)12-7-6-11(17-12)8-9-14/h6-7,10,14H,4-5,8-9H2,1-3H3. The number of nitrogens with zero attached hydrogens (tertiary/aromatic N) is 1. The van der Waals surface area contributed by atoms with Gasteiger partial charge in [0.2, 0.25) is 0 Å². The molecule has 1 atom stereocenters. The Morgan fingerprint density at radius 2 is 2.06 bits per heavy atom. The van der Waals surface area contributed by atoms with Gasteiger partial charge in [0.1, 0.15) is 4.21 Å². The highest BCUT2D eigenvalue weighted by molar-refractivity contribution is 7.91. The summed E-state index contributed by atoms with van der Waals surface area (Å²) in [6.45, 7) is 6.27. The average molecular weight is 291 g/mol. The van der Waals surface area contributed by atoms with Gasteiger partial charge in [-0.3, -0.25) is 0 Å². The Morgan fingerprint density at radius 1 is 1.39 bits per heavy atom. The van der Waals surface area contributed by atoms with Crippen molar-refractivity contribution in [1.29, 1.82) is 0 Å². The molecule has 1 aromatic rings. The molecular formula is C12H21NO3S2. The van der Waals surface area contributed by atoms with E-state index in [4.69, 9.17) is 5.11 Å². The highest BCUT2D eigenvalue weighted by Gasteiger charge is 2.28. The van der Waals surface area contributed by atoms with Crippen LogP contribution in [0.5, 0.6) is 0 Å². The van der Waals surface area contributed by atoms with Crippen LogP contribution in [0.15, 0.2) is 16.3 Å². The first kappa shape index (κ1) is 15.6. The summed E-state index contributed by atoms with van der Waals surface area (Å²) in [4.78, 5) is 0.899. The lowest BCUT2D eigenvalue weighted by atomic mass is 10.3. The van der Waals surface area contributed by atoms with Crippen molar-refractivity contribution in [3.63, 3.8) is 0 Å². The normalized spacial score (nSPS) is 14.1. The van der Waals surface area contributed by atoms with Crippen molar-refractivity contribution < 1.29 is 13.5 Å². The van der Waals surface area contributed by atoms with Gasteiger partial charge in [-0.15, -0.1) is 11.3 Å². The van der Waals surface area contributed by atoms with Crippen molar-refractivity contribution >= 4 is 21.4 Å². The zero-order chi connectivity index (χ0) is 13.8.